The lowest BCUT2D eigenvalue weighted by atomic mass is 10.0. The molecule has 4 rings (SSSR count). The van der Waals surface area contributed by atoms with Crippen LogP contribution in [0.2, 0.25) is 10.0 Å². The Morgan fingerprint density at radius 2 is 2.04 bits per heavy atom. The molecule has 1 aliphatic heterocycles. The highest BCUT2D eigenvalue weighted by atomic mass is 35.5. The van der Waals surface area contributed by atoms with Gasteiger partial charge in [-0.15, -0.1) is 0 Å². The molecule has 2 heterocycles. The van der Waals surface area contributed by atoms with Crippen LogP contribution in [0.1, 0.15) is 11.3 Å². The van der Waals surface area contributed by atoms with Crippen molar-refractivity contribution in [2.24, 2.45) is 0 Å². The number of hydrogen-bond acceptors (Lipinski definition) is 3. The zero-order chi connectivity index (χ0) is 19.0. The van der Waals surface area contributed by atoms with Crippen LogP contribution in [0.3, 0.4) is 0 Å². The summed E-state index contributed by atoms with van der Waals surface area (Å²) in [5.41, 5.74) is 4.01. The first kappa shape index (κ1) is 18.3. The number of rotatable bonds is 4. The predicted octanol–water partition coefficient (Wildman–Crippen LogP) is 3.83. The number of nitrogens with zero attached hydrogens (tertiary/aromatic N) is 1. The van der Waals surface area contributed by atoms with E-state index in [0.717, 1.165) is 34.6 Å². The third-order valence-electron chi connectivity index (χ3n) is 4.84. The van der Waals surface area contributed by atoms with Crippen LogP contribution in [-0.2, 0) is 17.8 Å². The van der Waals surface area contributed by atoms with Crippen LogP contribution >= 0.6 is 23.2 Å². The summed E-state index contributed by atoms with van der Waals surface area (Å²) in [7, 11) is 0. The van der Waals surface area contributed by atoms with Crippen molar-refractivity contribution in [2.45, 2.75) is 19.1 Å². The monoisotopic (exact) mass is 403 g/mol. The second-order valence-corrected chi connectivity index (χ2v) is 7.65. The Bertz CT molecular complexity index is 1000. The van der Waals surface area contributed by atoms with Crippen molar-refractivity contribution < 1.29 is 9.90 Å². The molecule has 3 N–H and O–H groups in total. The van der Waals surface area contributed by atoms with E-state index in [2.05, 4.69) is 15.2 Å². The minimum absolute atomic E-state index is 0.266. The lowest BCUT2D eigenvalue weighted by Crippen LogP contribution is -2.41. The Morgan fingerprint density at radius 1 is 1.22 bits per heavy atom. The Labute approximate surface area is 166 Å². The van der Waals surface area contributed by atoms with Gasteiger partial charge in [-0.1, -0.05) is 29.3 Å². The van der Waals surface area contributed by atoms with Gasteiger partial charge in [0.05, 0.1) is 0 Å². The first-order chi connectivity index (χ1) is 13.0. The maximum atomic E-state index is 12.3. The topological polar surface area (TPSA) is 68.4 Å². The quantitative estimate of drug-likeness (QED) is 0.619. The van der Waals surface area contributed by atoms with Crippen LogP contribution in [0.5, 0.6) is 0 Å². The number of carbonyl (C=O) groups excluding carboxylic acids is 1. The van der Waals surface area contributed by atoms with Gasteiger partial charge in [0.25, 0.3) is 5.91 Å². The summed E-state index contributed by atoms with van der Waals surface area (Å²) in [4.78, 5) is 17.8. The summed E-state index contributed by atoms with van der Waals surface area (Å²) < 4.78 is 0. The normalized spacial score (nSPS) is 15.5. The number of amides is 1. The van der Waals surface area contributed by atoms with Crippen LogP contribution < -0.4 is 5.32 Å². The minimum Gasteiger partial charge on any atom is -0.382 e. The number of aliphatic hydroxyl groups is 1. The van der Waals surface area contributed by atoms with Gasteiger partial charge in [0.1, 0.15) is 6.10 Å². The molecule has 0 saturated heterocycles. The lowest BCUT2D eigenvalue weighted by Gasteiger charge is -2.28. The van der Waals surface area contributed by atoms with Gasteiger partial charge in [0.2, 0.25) is 0 Å². The number of anilines is 1. The van der Waals surface area contributed by atoms with E-state index in [0.29, 0.717) is 17.3 Å². The smallest absolute Gasteiger partial charge is 0.254 e. The number of fused-ring (bicyclic) bond motifs is 3. The molecule has 0 saturated carbocycles. The SMILES string of the molecule is O=C(Nc1cccc(Cl)c1)C(O)CN1CCc2c([nH]c3ccc(Cl)cc23)C1. The predicted molar refractivity (Wildman–Crippen MR) is 108 cm³/mol. The van der Waals surface area contributed by atoms with Crippen LogP contribution in [0.15, 0.2) is 42.5 Å². The van der Waals surface area contributed by atoms with Gasteiger partial charge in [-0.3, -0.25) is 9.69 Å². The van der Waals surface area contributed by atoms with E-state index in [9.17, 15) is 9.90 Å². The molecule has 0 aliphatic carbocycles. The number of nitrogens with one attached hydrogen (secondary N) is 2. The van der Waals surface area contributed by atoms with Gasteiger partial charge in [0.15, 0.2) is 0 Å². The van der Waals surface area contributed by atoms with Crippen LogP contribution in [0.4, 0.5) is 5.69 Å². The van der Waals surface area contributed by atoms with Gasteiger partial charge in [-0.25, -0.2) is 0 Å². The molecule has 0 fully saturated rings. The molecule has 0 radical (unpaired) electrons. The molecule has 2 aromatic carbocycles. The number of aromatic nitrogens is 1. The Kier molecular flexibility index (Phi) is 5.10. The Hall–Kier alpha value is -2.05. The second kappa shape index (κ2) is 7.52. The van der Waals surface area contributed by atoms with E-state index in [4.69, 9.17) is 23.2 Å². The first-order valence-electron chi connectivity index (χ1n) is 8.75. The average molecular weight is 404 g/mol. The molecule has 0 bridgehead atoms. The largest absolute Gasteiger partial charge is 0.382 e. The minimum atomic E-state index is -1.12. The molecule has 0 spiro atoms. The zero-order valence-electron chi connectivity index (χ0n) is 14.5. The lowest BCUT2D eigenvalue weighted by molar-refractivity contribution is -0.125. The van der Waals surface area contributed by atoms with Crippen LogP contribution in [0, 0.1) is 0 Å². The van der Waals surface area contributed by atoms with Crippen molar-refractivity contribution in [1.82, 2.24) is 9.88 Å². The average Bonchev–Trinajstić information content (AvgIpc) is 2.98. The molecule has 1 atom stereocenters. The maximum absolute atomic E-state index is 12.3. The molecule has 1 amide bonds. The molecule has 140 valence electrons. The second-order valence-electron chi connectivity index (χ2n) is 6.77. The van der Waals surface area contributed by atoms with Crippen molar-refractivity contribution >= 4 is 45.7 Å². The van der Waals surface area contributed by atoms with Gasteiger partial charge in [-0.05, 0) is 48.4 Å². The number of β-amino-alcohol motifs (C(OH)–C–C–N with tert-alkyl or cyclic N) is 1. The summed E-state index contributed by atoms with van der Waals surface area (Å²) >= 11 is 12.0. The van der Waals surface area contributed by atoms with E-state index >= 15 is 0 Å². The van der Waals surface area contributed by atoms with Crippen molar-refractivity contribution in [3.63, 3.8) is 0 Å². The Morgan fingerprint density at radius 3 is 2.85 bits per heavy atom. The highest BCUT2D eigenvalue weighted by Crippen LogP contribution is 2.29. The van der Waals surface area contributed by atoms with Crippen molar-refractivity contribution in [3.05, 3.63) is 63.8 Å². The fourth-order valence-corrected chi connectivity index (χ4v) is 3.91. The number of benzene rings is 2. The van der Waals surface area contributed by atoms with E-state index in [1.807, 2.05) is 18.2 Å². The van der Waals surface area contributed by atoms with E-state index in [-0.39, 0.29) is 6.54 Å². The number of aromatic amines is 1. The standard InChI is InChI=1S/C20H19Cl2N3O2/c21-12-2-1-3-14(8-12)23-20(27)19(26)11-25-7-6-15-16-9-13(22)4-5-17(16)24-18(15)10-25/h1-5,8-9,19,24,26H,6-7,10-11H2,(H,23,27). The molecular weight excluding hydrogens is 385 g/mol. The summed E-state index contributed by atoms with van der Waals surface area (Å²) in [6.07, 6.45) is -0.275. The maximum Gasteiger partial charge on any atom is 0.254 e. The van der Waals surface area contributed by atoms with Crippen molar-refractivity contribution in [2.75, 3.05) is 18.4 Å². The van der Waals surface area contributed by atoms with Crippen molar-refractivity contribution in [3.8, 4) is 0 Å². The third-order valence-corrected chi connectivity index (χ3v) is 5.31. The molecule has 1 aromatic heterocycles. The highest BCUT2D eigenvalue weighted by Gasteiger charge is 2.25. The summed E-state index contributed by atoms with van der Waals surface area (Å²) in [6, 6.07) is 12.7. The molecule has 7 heteroatoms. The molecule has 1 unspecified atom stereocenters. The summed E-state index contributed by atoms with van der Waals surface area (Å²) in [5.74, 6) is -0.438. The zero-order valence-corrected chi connectivity index (χ0v) is 16.0. The number of aliphatic hydroxyl groups excluding tert-OH is 1. The first-order valence-corrected chi connectivity index (χ1v) is 9.51. The van der Waals surface area contributed by atoms with Gasteiger partial charge < -0.3 is 15.4 Å². The molecular formula is C20H19Cl2N3O2. The van der Waals surface area contributed by atoms with Crippen LogP contribution in [-0.4, -0.2) is 40.1 Å². The van der Waals surface area contributed by atoms with Gasteiger partial charge in [-0.2, -0.15) is 0 Å². The van der Waals surface area contributed by atoms with Gasteiger partial charge >= 0.3 is 0 Å². The number of H-pyrrole nitrogens is 1. The number of halogens is 2. The molecule has 1 aliphatic rings. The highest BCUT2D eigenvalue weighted by molar-refractivity contribution is 6.31. The van der Waals surface area contributed by atoms with Crippen molar-refractivity contribution in [1.29, 1.82) is 0 Å². The molecule has 5 nitrogen and oxygen atoms in total. The number of carbonyl (C=O) groups is 1. The van der Waals surface area contributed by atoms with E-state index < -0.39 is 12.0 Å². The fraction of sp³-hybridized carbons (Fsp3) is 0.250. The Balaban J connectivity index is 1.42. The third kappa shape index (κ3) is 3.96. The summed E-state index contributed by atoms with van der Waals surface area (Å²) in [6.45, 7) is 1.69. The van der Waals surface area contributed by atoms with E-state index in [1.54, 1.807) is 24.3 Å². The fourth-order valence-electron chi connectivity index (χ4n) is 3.54. The van der Waals surface area contributed by atoms with Crippen LogP contribution in [0.25, 0.3) is 10.9 Å². The van der Waals surface area contributed by atoms with E-state index in [1.165, 1.54) is 5.56 Å². The number of hydrogen-bond donors (Lipinski definition) is 3. The molecule has 3 aromatic rings. The van der Waals surface area contributed by atoms with Gasteiger partial charge in [0, 0.05) is 52.0 Å². The summed E-state index contributed by atoms with van der Waals surface area (Å²) in [5, 5.41) is 15.4. The molecule has 27 heavy (non-hydrogen) atoms.